The SMILES string of the molecule is CCOC(=O)c1[nH]c(C)c2c1CCc1cnc(N)nc1-2. The zero-order valence-electron chi connectivity index (χ0n) is 11.5. The van der Waals surface area contributed by atoms with E-state index in [-0.39, 0.29) is 11.9 Å². The predicted molar refractivity (Wildman–Crippen MR) is 74.3 cm³/mol. The number of hydrogen-bond acceptors (Lipinski definition) is 5. The number of hydrogen-bond donors (Lipinski definition) is 2. The second-order valence-electron chi connectivity index (χ2n) is 4.80. The lowest BCUT2D eigenvalue weighted by atomic mass is 9.90. The number of nitrogens with one attached hydrogen (secondary N) is 1. The summed E-state index contributed by atoms with van der Waals surface area (Å²) in [4.78, 5) is 23.5. The second kappa shape index (κ2) is 4.63. The van der Waals surface area contributed by atoms with E-state index in [1.54, 1.807) is 13.1 Å². The highest BCUT2D eigenvalue weighted by Crippen LogP contribution is 2.36. The Morgan fingerprint density at radius 2 is 2.30 bits per heavy atom. The van der Waals surface area contributed by atoms with Crippen LogP contribution in [0.2, 0.25) is 0 Å². The van der Waals surface area contributed by atoms with Gasteiger partial charge in [0, 0.05) is 17.5 Å². The number of nitrogens with zero attached hydrogens (tertiary/aromatic N) is 2. The molecule has 0 fully saturated rings. The Morgan fingerprint density at radius 1 is 1.50 bits per heavy atom. The number of carbonyl (C=O) groups excluding carboxylic acids is 1. The first-order valence-electron chi connectivity index (χ1n) is 6.62. The van der Waals surface area contributed by atoms with Crippen molar-refractivity contribution in [1.29, 1.82) is 0 Å². The van der Waals surface area contributed by atoms with E-state index in [0.29, 0.717) is 12.3 Å². The molecule has 0 amide bonds. The highest BCUT2D eigenvalue weighted by atomic mass is 16.5. The number of rotatable bonds is 2. The fourth-order valence-electron chi connectivity index (χ4n) is 2.70. The van der Waals surface area contributed by atoms with Gasteiger partial charge in [-0.15, -0.1) is 0 Å². The van der Waals surface area contributed by atoms with Gasteiger partial charge >= 0.3 is 5.97 Å². The molecule has 3 N–H and O–H groups in total. The normalized spacial score (nSPS) is 12.7. The summed E-state index contributed by atoms with van der Waals surface area (Å²) in [6.07, 6.45) is 3.33. The van der Waals surface area contributed by atoms with Crippen LogP contribution in [0.4, 0.5) is 5.95 Å². The van der Waals surface area contributed by atoms with E-state index in [4.69, 9.17) is 10.5 Å². The molecule has 0 radical (unpaired) electrons. The number of H-pyrrole nitrogens is 1. The molecule has 1 aliphatic carbocycles. The van der Waals surface area contributed by atoms with E-state index >= 15 is 0 Å². The minimum atomic E-state index is -0.317. The van der Waals surface area contributed by atoms with Gasteiger partial charge in [-0.25, -0.2) is 14.8 Å². The minimum absolute atomic E-state index is 0.245. The number of ether oxygens (including phenoxy) is 1. The van der Waals surface area contributed by atoms with Crippen molar-refractivity contribution in [3.63, 3.8) is 0 Å². The summed E-state index contributed by atoms with van der Waals surface area (Å²) >= 11 is 0. The Bertz CT molecular complexity index is 691. The average molecular weight is 272 g/mol. The highest BCUT2D eigenvalue weighted by Gasteiger charge is 2.28. The van der Waals surface area contributed by atoms with Gasteiger partial charge in [0.25, 0.3) is 0 Å². The fraction of sp³-hybridized carbons (Fsp3) is 0.357. The van der Waals surface area contributed by atoms with Crippen molar-refractivity contribution < 1.29 is 9.53 Å². The van der Waals surface area contributed by atoms with E-state index in [2.05, 4.69) is 15.0 Å². The number of nitrogens with two attached hydrogens (primary N) is 1. The molecule has 0 saturated heterocycles. The Hall–Kier alpha value is -2.37. The van der Waals surface area contributed by atoms with Crippen LogP contribution in [0.15, 0.2) is 6.20 Å². The minimum Gasteiger partial charge on any atom is -0.461 e. The van der Waals surface area contributed by atoms with Crippen molar-refractivity contribution >= 4 is 11.9 Å². The van der Waals surface area contributed by atoms with Crippen LogP contribution in [0.5, 0.6) is 0 Å². The van der Waals surface area contributed by atoms with Gasteiger partial charge in [0.05, 0.1) is 12.3 Å². The first-order chi connectivity index (χ1) is 9.61. The molecule has 0 saturated carbocycles. The molecule has 0 bridgehead atoms. The lowest BCUT2D eigenvalue weighted by Crippen LogP contribution is -2.12. The second-order valence-corrected chi connectivity index (χ2v) is 4.80. The van der Waals surface area contributed by atoms with Gasteiger partial charge < -0.3 is 15.5 Å². The zero-order chi connectivity index (χ0) is 14.3. The van der Waals surface area contributed by atoms with Crippen LogP contribution in [0.3, 0.4) is 0 Å². The Kier molecular flexibility index (Phi) is 2.93. The van der Waals surface area contributed by atoms with Gasteiger partial charge in [-0.3, -0.25) is 0 Å². The van der Waals surface area contributed by atoms with Crippen LogP contribution in [-0.4, -0.2) is 27.5 Å². The summed E-state index contributed by atoms with van der Waals surface area (Å²) in [7, 11) is 0. The van der Waals surface area contributed by atoms with Gasteiger partial charge in [-0.1, -0.05) is 0 Å². The van der Waals surface area contributed by atoms with Gasteiger partial charge in [0.2, 0.25) is 5.95 Å². The number of aryl methyl sites for hydroxylation is 2. The third kappa shape index (κ3) is 1.84. The third-order valence-corrected chi connectivity index (χ3v) is 3.53. The Labute approximate surface area is 116 Å². The standard InChI is InChI=1S/C14H16N4O2/c1-3-20-13(19)12-9-5-4-8-6-16-14(15)18-11(8)10(9)7(2)17-12/h6,17H,3-5H2,1-2H3,(H2,15,16,18). The van der Waals surface area contributed by atoms with Crippen LogP contribution >= 0.6 is 0 Å². The Balaban J connectivity index is 2.16. The number of aromatic nitrogens is 3. The van der Waals surface area contributed by atoms with Gasteiger partial charge in [-0.05, 0) is 37.8 Å². The van der Waals surface area contributed by atoms with Crippen molar-refractivity contribution in [2.75, 3.05) is 12.3 Å². The van der Waals surface area contributed by atoms with Crippen LogP contribution < -0.4 is 5.73 Å². The molecule has 2 heterocycles. The van der Waals surface area contributed by atoms with Gasteiger partial charge in [0.1, 0.15) is 5.69 Å². The topological polar surface area (TPSA) is 93.9 Å². The maximum atomic E-state index is 12.0. The molecule has 20 heavy (non-hydrogen) atoms. The molecule has 6 heteroatoms. The maximum absolute atomic E-state index is 12.0. The van der Waals surface area contributed by atoms with E-state index in [9.17, 15) is 4.79 Å². The smallest absolute Gasteiger partial charge is 0.355 e. The van der Waals surface area contributed by atoms with Crippen LogP contribution in [0.1, 0.15) is 34.2 Å². The number of fused-ring (bicyclic) bond motifs is 3. The molecule has 104 valence electrons. The van der Waals surface area contributed by atoms with Gasteiger partial charge in [0.15, 0.2) is 0 Å². The molecule has 2 aromatic heterocycles. The highest BCUT2D eigenvalue weighted by molar-refractivity contribution is 5.93. The van der Waals surface area contributed by atoms with E-state index in [0.717, 1.165) is 40.9 Å². The van der Waals surface area contributed by atoms with E-state index in [1.165, 1.54) is 0 Å². The third-order valence-electron chi connectivity index (χ3n) is 3.53. The largest absolute Gasteiger partial charge is 0.461 e. The molecule has 3 rings (SSSR count). The van der Waals surface area contributed by atoms with Crippen molar-refractivity contribution in [2.45, 2.75) is 26.7 Å². The first-order valence-corrected chi connectivity index (χ1v) is 6.62. The lowest BCUT2D eigenvalue weighted by molar-refractivity contribution is 0.0519. The van der Waals surface area contributed by atoms with Crippen LogP contribution in [0.25, 0.3) is 11.3 Å². The summed E-state index contributed by atoms with van der Waals surface area (Å²) in [5.41, 5.74) is 10.9. The molecule has 2 aromatic rings. The number of esters is 1. The first kappa shape index (κ1) is 12.7. The fourth-order valence-corrected chi connectivity index (χ4v) is 2.70. The number of nitrogen functional groups attached to an aromatic ring is 1. The zero-order valence-corrected chi connectivity index (χ0v) is 11.5. The predicted octanol–water partition coefficient (Wildman–Crippen LogP) is 1.64. The number of carbonyl (C=O) groups is 1. The quantitative estimate of drug-likeness (QED) is 0.810. The van der Waals surface area contributed by atoms with Gasteiger partial charge in [-0.2, -0.15) is 0 Å². The summed E-state index contributed by atoms with van der Waals surface area (Å²) in [6.45, 7) is 4.08. The van der Waals surface area contributed by atoms with Crippen LogP contribution in [-0.2, 0) is 17.6 Å². The molecule has 0 unspecified atom stereocenters. The van der Waals surface area contributed by atoms with E-state index in [1.807, 2.05) is 6.92 Å². The van der Waals surface area contributed by atoms with Crippen molar-refractivity contribution in [3.05, 3.63) is 28.7 Å². The number of aromatic amines is 1. The van der Waals surface area contributed by atoms with Crippen molar-refractivity contribution in [3.8, 4) is 11.3 Å². The molecular formula is C14H16N4O2. The lowest BCUT2D eigenvalue weighted by Gasteiger charge is -2.16. The van der Waals surface area contributed by atoms with Crippen LogP contribution in [0, 0.1) is 6.92 Å². The molecule has 1 aliphatic rings. The van der Waals surface area contributed by atoms with Crippen molar-refractivity contribution in [2.24, 2.45) is 0 Å². The monoisotopic (exact) mass is 272 g/mol. The number of anilines is 1. The molecular weight excluding hydrogens is 256 g/mol. The summed E-state index contributed by atoms with van der Waals surface area (Å²) in [5.74, 6) is -0.0720. The molecule has 6 nitrogen and oxygen atoms in total. The Morgan fingerprint density at radius 3 is 3.05 bits per heavy atom. The van der Waals surface area contributed by atoms with Crippen molar-refractivity contribution in [1.82, 2.24) is 15.0 Å². The molecule has 0 atom stereocenters. The summed E-state index contributed by atoms with van der Waals surface area (Å²) < 4.78 is 5.09. The molecule has 0 aromatic carbocycles. The summed E-state index contributed by atoms with van der Waals surface area (Å²) in [5, 5.41) is 0. The molecule has 0 aliphatic heterocycles. The maximum Gasteiger partial charge on any atom is 0.355 e. The average Bonchev–Trinajstić information content (AvgIpc) is 2.77. The summed E-state index contributed by atoms with van der Waals surface area (Å²) in [6, 6.07) is 0. The molecule has 0 spiro atoms. The van der Waals surface area contributed by atoms with E-state index < -0.39 is 0 Å².